The zero-order valence-electron chi connectivity index (χ0n) is 2.89. The number of aliphatic hydroxyl groups is 1. The molecule has 2 N–H and O–H groups in total. The second-order valence-corrected chi connectivity index (χ2v) is 0. The predicted molar refractivity (Wildman–Crippen MR) is 10.1 cm³/mol. The Kier molecular flexibility index (Phi) is 84.3. The fraction of sp³-hybridized carbons (Fsp3) is 1.00. The van der Waals surface area contributed by atoms with E-state index in [0.717, 1.165) is 7.11 Å². The van der Waals surface area contributed by atoms with E-state index in [0.29, 0.717) is 0 Å². The van der Waals surface area contributed by atoms with Gasteiger partial charge in [0.2, 0.25) is 0 Å². The number of aliphatic hydroxyl groups excluding tert-OH is 1. The van der Waals surface area contributed by atoms with E-state index in [-0.39, 0.29) is 74.4 Å². The van der Waals surface area contributed by atoms with Crippen LogP contribution in [0.25, 0.3) is 0 Å². The van der Waals surface area contributed by atoms with E-state index in [1.165, 1.54) is 0 Å². The third-order valence-electron chi connectivity index (χ3n) is 0. The number of hydrogen-bond acceptors (Lipinski definition) is 2. The third kappa shape index (κ3) is 9.02. The SMILES string of the molecule is CO.[Cs+].[OH-]. The van der Waals surface area contributed by atoms with Crippen molar-refractivity contribution in [2.24, 2.45) is 0 Å². The van der Waals surface area contributed by atoms with Gasteiger partial charge < -0.3 is 10.6 Å². The molecule has 0 rings (SSSR count). The van der Waals surface area contributed by atoms with Gasteiger partial charge in [-0.25, -0.2) is 0 Å². The normalized spacial score (nSPS) is 1.50. The Labute approximate surface area is 84.3 Å². The van der Waals surface area contributed by atoms with Crippen molar-refractivity contribution >= 4 is 0 Å². The smallest absolute Gasteiger partial charge is 0.870 e. The molecule has 0 saturated carbocycles. The maximum absolute atomic E-state index is 7.00. The van der Waals surface area contributed by atoms with Gasteiger partial charge in [0.15, 0.2) is 0 Å². The molecular formula is CH5CsO2. The van der Waals surface area contributed by atoms with Gasteiger partial charge in [0.1, 0.15) is 0 Å². The molecule has 0 aromatic heterocycles. The maximum Gasteiger partial charge on any atom is 1.00 e. The van der Waals surface area contributed by atoms with Gasteiger partial charge in [0, 0.05) is 7.11 Å². The van der Waals surface area contributed by atoms with E-state index in [2.05, 4.69) is 0 Å². The summed E-state index contributed by atoms with van der Waals surface area (Å²) in [6.45, 7) is 0. The van der Waals surface area contributed by atoms with Crippen molar-refractivity contribution in [3.8, 4) is 0 Å². The van der Waals surface area contributed by atoms with Crippen molar-refractivity contribution in [1.29, 1.82) is 0 Å². The average Bonchev–Trinajstić information content (AvgIpc) is 1.00. The Morgan fingerprint density at radius 2 is 1.25 bits per heavy atom. The molecule has 22 valence electrons. The number of rotatable bonds is 0. The van der Waals surface area contributed by atoms with Crippen LogP contribution >= 0.6 is 0 Å². The molecule has 0 unspecified atom stereocenters. The Morgan fingerprint density at radius 1 is 1.25 bits per heavy atom. The summed E-state index contributed by atoms with van der Waals surface area (Å²) in [4.78, 5) is 0. The molecule has 0 spiro atoms. The minimum absolute atomic E-state index is 0. The quantitative estimate of drug-likeness (QED) is 0.421. The zero-order valence-corrected chi connectivity index (χ0v) is 9.17. The molecule has 0 heterocycles. The average molecular weight is 182 g/mol. The monoisotopic (exact) mass is 182 g/mol. The molecule has 0 aliphatic rings. The van der Waals surface area contributed by atoms with Crippen molar-refractivity contribution in [1.82, 2.24) is 0 Å². The molecule has 0 aliphatic carbocycles. The molecule has 0 aromatic rings. The van der Waals surface area contributed by atoms with Crippen LogP contribution in [0.4, 0.5) is 0 Å². The van der Waals surface area contributed by atoms with Crippen LogP contribution in [0.15, 0.2) is 0 Å². The summed E-state index contributed by atoms with van der Waals surface area (Å²) in [5.41, 5.74) is 0. The molecule has 2 nitrogen and oxygen atoms in total. The van der Waals surface area contributed by atoms with E-state index in [1.54, 1.807) is 0 Å². The summed E-state index contributed by atoms with van der Waals surface area (Å²) in [5.74, 6) is 0. The van der Waals surface area contributed by atoms with Crippen LogP contribution in [0.2, 0.25) is 0 Å². The molecule has 0 radical (unpaired) electrons. The second kappa shape index (κ2) is 20.2. The van der Waals surface area contributed by atoms with E-state index >= 15 is 0 Å². The van der Waals surface area contributed by atoms with E-state index in [9.17, 15) is 0 Å². The first-order chi connectivity index (χ1) is 1.00. The summed E-state index contributed by atoms with van der Waals surface area (Å²) in [5, 5.41) is 7.00. The topological polar surface area (TPSA) is 50.2 Å². The molecule has 0 saturated heterocycles. The molecule has 4 heavy (non-hydrogen) atoms. The molecule has 0 aromatic carbocycles. The minimum Gasteiger partial charge on any atom is -0.870 e. The Hall–Kier alpha value is 1.97. The van der Waals surface area contributed by atoms with E-state index in [1.807, 2.05) is 0 Å². The van der Waals surface area contributed by atoms with Gasteiger partial charge in [-0.1, -0.05) is 0 Å². The van der Waals surface area contributed by atoms with Crippen LogP contribution in [0.3, 0.4) is 0 Å². The first-order valence-corrected chi connectivity index (χ1v) is 0.447. The van der Waals surface area contributed by atoms with Crippen molar-refractivity contribution in [2.45, 2.75) is 0 Å². The van der Waals surface area contributed by atoms with Gasteiger partial charge >= 0.3 is 68.9 Å². The first kappa shape index (κ1) is 16.7. The van der Waals surface area contributed by atoms with Gasteiger partial charge in [-0.15, -0.1) is 0 Å². The molecule has 0 bridgehead atoms. The van der Waals surface area contributed by atoms with Crippen LogP contribution < -0.4 is 68.9 Å². The Balaban J connectivity index is -0.00000000500. The summed E-state index contributed by atoms with van der Waals surface area (Å²) >= 11 is 0. The van der Waals surface area contributed by atoms with E-state index < -0.39 is 0 Å². The van der Waals surface area contributed by atoms with Gasteiger partial charge in [-0.05, 0) is 0 Å². The predicted octanol–water partition coefficient (Wildman–Crippen LogP) is -3.56. The van der Waals surface area contributed by atoms with Gasteiger partial charge in [0.05, 0.1) is 0 Å². The molecule has 0 aliphatic heterocycles. The van der Waals surface area contributed by atoms with Crippen molar-refractivity contribution in [3.05, 3.63) is 0 Å². The van der Waals surface area contributed by atoms with Crippen LogP contribution in [-0.2, 0) is 0 Å². The third-order valence-corrected chi connectivity index (χ3v) is 0. The van der Waals surface area contributed by atoms with Crippen molar-refractivity contribution in [3.63, 3.8) is 0 Å². The Morgan fingerprint density at radius 3 is 1.25 bits per heavy atom. The molecule has 0 amide bonds. The van der Waals surface area contributed by atoms with Gasteiger partial charge in [-0.2, -0.15) is 0 Å². The summed E-state index contributed by atoms with van der Waals surface area (Å²) in [6, 6.07) is 0. The van der Waals surface area contributed by atoms with Crippen LogP contribution in [0.1, 0.15) is 0 Å². The summed E-state index contributed by atoms with van der Waals surface area (Å²) in [6.07, 6.45) is 0. The summed E-state index contributed by atoms with van der Waals surface area (Å²) in [7, 11) is 1.00. The molecule has 0 atom stereocenters. The fourth-order valence-corrected chi connectivity index (χ4v) is 0. The maximum atomic E-state index is 7.00. The van der Waals surface area contributed by atoms with Crippen molar-refractivity contribution < 1.29 is 79.5 Å². The standard InChI is InChI=1S/CH4O.Cs.H2O/c1-2;;/h2H,1H3;;1H2/q;+1;/p-1. The minimum atomic E-state index is 0. The molecular weight excluding hydrogens is 177 g/mol. The van der Waals surface area contributed by atoms with Gasteiger partial charge in [0.25, 0.3) is 0 Å². The zero-order chi connectivity index (χ0) is 2.00. The Bertz CT molecular complexity index is 6.00. The van der Waals surface area contributed by atoms with Crippen LogP contribution in [0.5, 0.6) is 0 Å². The first-order valence-electron chi connectivity index (χ1n) is 0.447. The van der Waals surface area contributed by atoms with Crippen LogP contribution in [-0.4, -0.2) is 17.7 Å². The molecule has 0 fully saturated rings. The van der Waals surface area contributed by atoms with E-state index in [4.69, 9.17) is 5.11 Å². The molecule has 3 heteroatoms. The second-order valence-electron chi connectivity index (χ2n) is 0. The number of hydrogen-bond donors (Lipinski definition) is 1. The van der Waals surface area contributed by atoms with Crippen molar-refractivity contribution in [2.75, 3.05) is 7.11 Å². The summed E-state index contributed by atoms with van der Waals surface area (Å²) < 4.78 is 0. The van der Waals surface area contributed by atoms with Gasteiger partial charge in [-0.3, -0.25) is 0 Å². The van der Waals surface area contributed by atoms with Crippen LogP contribution in [0, 0.1) is 0 Å². The largest absolute Gasteiger partial charge is 1.00 e. The fourth-order valence-electron chi connectivity index (χ4n) is 0.